The quantitative estimate of drug-likeness (QED) is 0.713. The van der Waals surface area contributed by atoms with E-state index in [4.69, 9.17) is 22.1 Å². The maximum absolute atomic E-state index is 12.1. The summed E-state index contributed by atoms with van der Waals surface area (Å²) in [5.74, 6) is 0. The SMILES string of the molecule is CCOCCCNS(=O)(=O)c1cc(CN)ccc1Cl. The molecule has 0 aromatic heterocycles. The lowest BCUT2D eigenvalue weighted by Gasteiger charge is -2.09. The topological polar surface area (TPSA) is 81.4 Å². The second kappa shape index (κ2) is 7.81. The van der Waals surface area contributed by atoms with Crippen molar-refractivity contribution in [3.05, 3.63) is 28.8 Å². The van der Waals surface area contributed by atoms with E-state index >= 15 is 0 Å². The highest BCUT2D eigenvalue weighted by Gasteiger charge is 2.17. The van der Waals surface area contributed by atoms with Crippen LogP contribution in [0, 0.1) is 0 Å². The van der Waals surface area contributed by atoms with E-state index in [0.29, 0.717) is 26.2 Å². The van der Waals surface area contributed by atoms with Crippen LogP contribution in [0.4, 0.5) is 0 Å². The second-order valence-electron chi connectivity index (χ2n) is 3.92. The Hall–Kier alpha value is -0.660. The lowest BCUT2D eigenvalue weighted by Crippen LogP contribution is -2.26. The number of hydrogen-bond acceptors (Lipinski definition) is 4. The molecule has 0 spiro atoms. The van der Waals surface area contributed by atoms with Gasteiger partial charge < -0.3 is 10.5 Å². The fourth-order valence-electron chi connectivity index (χ4n) is 1.48. The summed E-state index contributed by atoms with van der Waals surface area (Å²) in [6.45, 7) is 3.62. The molecule has 0 unspecified atom stereocenters. The number of sulfonamides is 1. The monoisotopic (exact) mass is 306 g/mol. The molecule has 0 aliphatic rings. The largest absolute Gasteiger partial charge is 0.382 e. The fraction of sp³-hybridized carbons (Fsp3) is 0.500. The molecule has 0 fully saturated rings. The van der Waals surface area contributed by atoms with Gasteiger partial charge in [0.2, 0.25) is 10.0 Å². The molecule has 0 heterocycles. The summed E-state index contributed by atoms with van der Waals surface area (Å²) in [6, 6.07) is 4.74. The van der Waals surface area contributed by atoms with Crippen molar-refractivity contribution in [3.63, 3.8) is 0 Å². The molecular weight excluding hydrogens is 288 g/mol. The Labute approximate surface area is 119 Å². The van der Waals surface area contributed by atoms with Crippen molar-refractivity contribution >= 4 is 21.6 Å². The van der Waals surface area contributed by atoms with Gasteiger partial charge in [-0.25, -0.2) is 13.1 Å². The Morgan fingerprint density at radius 1 is 1.42 bits per heavy atom. The first-order valence-corrected chi connectivity index (χ1v) is 7.93. The van der Waals surface area contributed by atoms with Gasteiger partial charge in [-0.2, -0.15) is 0 Å². The Morgan fingerprint density at radius 2 is 2.16 bits per heavy atom. The molecule has 0 bridgehead atoms. The van der Waals surface area contributed by atoms with E-state index in [2.05, 4.69) is 4.72 Å². The zero-order chi connectivity index (χ0) is 14.3. The minimum atomic E-state index is -3.60. The molecule has 7 heteroatoms. The van der Waals surface area contributed by atoms with Crippen molar-refractivity contribution < 1.29 is 13.2 Å². The maximum atomic E-state index is 12.1. The van der Waals surface area contributed by atoms with Gasteiger partial charge in [-0.05, 0) is 31.0 Å². The molecule has 3 N–H and O–H groups in total. The minimum absolute atomic E-state index is 0.0635. The third kappa shape index (κ3) is 5.08. The molecule has 0 aliphatic heterocycles. The summed E-state index contributed by atoms with van der Waals surface area (Å²) in [5.41, 5.74) is 6.21. The van der Waals surface area contributed by atoms with Gasteiger partial charge in [0.05, 0.1) is 5.02 Å². The van der Waals surface area contributed by atoms with Crippen LogP contribution in [0.3, 0.4) is 0 Å². The highest BCUT2D eigenvalue weighted by Crippen LogP contribution is 2.22. The van der Waals surface area contributed by atoms with E-state index in [1.165, 1.54) is 6.07 Å². The van der Waals surface area contributed by atoms with Crippen molar-refractivity contribution in [3.8, 4) is 0 Å². The first-order chi connectivity index (χ1) is 9.01. The number of hydrogen-bond donors (Lipinski definition) is 2. The van der Waals surface area contributed by atoms with Gasteiger partial charge >= 0.3 is 0 Å². The van der Waals surface area contributed by atoms with Crippen molar-refractivity contribution in [1.29, 1.82) is 0 Å². The molecule has 19 heavy (non-hydrogen) atoms. The summed E-state index contributed by atoms with van der Waals surface area (Å²) in [6.07, 6.45) is 0.612. The third-order valence-electron chi connectivity index (χ3n) is 2.48. The number of rotatable bonds is 8. The zero-order valence-electron chi connectivity index (χ0n) is 10.9. The number of nitrogens with two attached hydrogens (primary N) is 1. The van der Waals surface area contributed by atoms with Gasteiger partial charge in [0.15, 0.2) is 0 Å². The first-order valence-electron chi connectivity index (χ1n) is 6.07. The molecule has 0 radical (unpaired) electrons. The third-order valence-corrected chi connectivity index (χ3v) is 4.43. The Bertz CT molecular complexity index is 506. The van der Waals surface area contributed by atoms with Crippen LogP contribution in [-0.4, -0.2) is 28.2 Å². The normalized spacial score (nSPS) is 11.7. The van der Waals surface area contributed by atoms with Crippen molar-refractivity contribution in [2.45, 2.75) is 24.8 Å². The maximum Gasteiger partial charge on any atom is 0.242 e. The average molecular weight is 307 g/mol. The molecule has 0 atom stereocenters. The molecule has 1 aromatic carbocycles. The summed E-state index contributed by atoms with van der Waals surface area (Å²) in [4.78, 5) is 0.0635. The lowest BCUT2D eigenvalue weighted by atomic mass is 10.2. The lowest BCUT2D eigenvalue weighted by molar-refractivity contribution is 0.146. The van der Waals surface area contributed by atoms with Crippen molar-refractivity contribution in [1.82, 2.24) is 4.72 Å². The van der Waals surface area contributed by atoms with Gasteiger partial charge in [-0.1, -0.05) is 17.7 Å². The van der Waals surface area contributed by atoms with E-state index in [1.807, 2.05) is 6.92 Å². The van der Waals surface area contributed by atoms with Gasteiger partial charge in [0.1, 0.15) is 4.90 Å². The van der Waals surface area contributed by atoms with Gasteiger partial charge in [-0.15, -0.1) is 0 Å². The van der Waals surface area contributed by atoms with Crippen molar-refractivity contribution in [2.75, 3.05) is 19.8 Å². The number of nitrogens with one attached hydrogen (secondary N) is 1. The highest BCUT2D eigenvalue weighted by atomic mass is 35.5. The first kappa shape index (κ1) is 16.4. The van der Waals surface area contributed by atoms with E-state index in [0.717, 1.165) is 5.56 Å². The Morgan fingerprint density at radius 3 is 2.79 bits per heavy atom. The van der Waals surface area contributed by atoms with Crippen molar-refractivity contribution in [2.24, 2.45) is 5.73 Å². The number of halogens is 1. The van der Waals surface area contributed by atoms with Crippen LogP contribution >= 0.6 is 11.6 Å². The van der Waals surface area contributed by atoms with Crippen LogP contribution in [0.25, 0.3) is 0 Å². The second-order valence-corrected chi connectivity index (χ2v) is 6.06. The van der Waals surface area contributed by atoms with Crippen LogP contribution in [0.15, 0.2) is 23.1 Å². The smallest absolute Gasteiger partial charge is 0.242 e. The van der Waals surface area contributed by atoms with Crippen LogP contribution in [0.5, 0.6) is 0 Å². The standard InChI is InChI=1S/C12H19ClN2O3S/c1-2-18-7-3-6-15-19(16,17)12-8-10(9-14)4-5-11(12)13/h4-5,8,15H,2-3,6-7,9,14H2,1H3. The van der Waals surface area contributed by atoms with Gasteiger partial charge in [-0.3, -0.25) is 0 Å². The van der Waals surface area contributed by atoms with Gasteiger partial charge in [0, 0.05) is 26.3 Å². The van der Waals surface area contributed by atoms with E-state index < -0.39 is 10.0 Å². The van der Waals surface area contributed by atoms with Crippen LogP contribution in [-0.2, 0) is 21.3 Å². The molecule has 5 nitrogen and oxygen atoms in total. The van der Waals surface area contributed by atoms with E-state index in [-0.39, 0.29) is 16.5 Å². The van der Waals surface area contributed by atoms with Gasteiger partial charge in [0.25, 0.3) is 0 Å². The Kier molecular flexibility index (Phi) is 6.74. The molecular formula is C12H19ClN2O3S. The zero-order valence-corrected chi connectivity index (χ0v) is 12.4. The summed E-state index contributed by atoms with van der Waals surface area (Å²) in [7, 11) is -3.60. The molecule has 0 aliphatic carbocycles. The summed E-state index contributed by atoms with van der Waals surface area (Å²) in [5, 5.41) is 0.189. The summed E-state index contributed by atoms with van der Waals surface area (Å²) >= 11 is 5.92. The predicted octanol–water partition coefficient (Wildman–Crippen LogP) is 1.50. The van der Waals surface area contributed by atoms with Crippen LogP contribution in [0.2, 0.25) is 5.02 Å². The average Bonchev–Trinajstić information content (AvgIpc) is 2.39. The molecule has 108 valence electrons. The van der Waals surface area contributed by atoms with Crippen LogP contribution < -0.4 is 10.5 Å². The number of ether oxygens (including phenoxy) is 1. The molecule has 0 saturated heterocycles. The fourth-order valence-corrected chi connectivity index (χ4v) is 3.11. The molecule has 1 aromatic rings. The Balaban J connectivity index is 2.71. The molecule has 0 saturated carbocycles. The van der Waals surface area contributed by atoms with E-state index in [1.54, 1.807) is 12.1 Å². The highest BCUT2D eigenvalue weighted by molar-refractivity contribution is 7.89. The molecule has 0 amide bonds. The van der Waals surface area contributed by atoms with Crippen LogP contribution in [0.1, 0.15) is 18.9 Å². The van der Waals surface area contributed by atoms with E-state index in [9.17, 15) is 8.42 Å². The summed E-state index contributed by atoms with van der Waals surface area (Å²) < 4.78 is 31.8. The minimum Gasteiger partial charge on any atom is -0.382 e. The number of benzene rings is 1. The predicted molar refractivity (Wildman–Crippen MR) is 75.6 cm³/mol. The molecule has 1 rings (SSSR count).